The van der Waals surface area contributed by atoms with Gasteiger partial charge >= 0.3 is 11.9 Å². The molecule has 1 aliphatic rings. The highest BCUT2D eigenvalue weighted by Crippen LogP contribution is 2.33. The van der Waals surface area contributed by atoms with E-state index < -0.39 is 30.4 Å². The number of ether oxygens (including phenoxy) is 3. The summed E-state index contributed by atoms with van der Waals surface area (Å²) in [7, 11) is 0. The van der Waals surface area contributed by atoms with Gasteiger partial charge in [0.05, 0.1) is 6.33 Å². The lowest BCUT2D eigenvalue weighted by atomic mass is 10.2. The first kappa shape index (κ1) is 16.6. The Labute approximate surface area is 141 Å². The SMILES string of the molecule is CC(=O)OC[C@H]1O[C@@H](n2cnc3c(Cl)[15n]cnc32)C[C@@H]1OC(C)=O. The van der Waals surface area contributed by atoms with Crippen molar-refractivity contribution in [2.45, 2.75) is 38.7 Å². The van der Waals surface area contributed by atoms with Gasteiger partial charge in [0.1, 0.15) is 36.9 Å². The van der Waals surface area contributed by atoms with E-state index in [1.165, 1.54) is 26.5 Å². The van der Waals surface area contributed by atoms with E-state index in [0.29, 0.717) is 17.6 Å². The molecule has 0 aliphatic carbocycles. The molecule has 2 aromatic heterocycles. The number of hydrogen-bond acceptors (Lipinski definition) is 8. The lowest BCUT2D eigenvalue weighted by Crippen LogP contribution is -2.31. The van der Waals surface area contributed by atoms with Crippen LogP contribution in [0.25, 0.3) is 11.2 Å². The van der Waals surface area contributed by atoms with Crippen molar-refractivity contribution in [3.63, 3.8) is 0 Å². The molecule has 0 unspecified atom stereocenters. The summed E-state index contributed by atoms with van der Waals surface area (Å²) < 4.78 is 17.8. The minimum Gasteiger partial charge on any atom is -0.463 e. The summed E-state index contributed by atoms with van der Waals surface area (Å²) in [6.45, 7) is 2.61. The molecule has 3 heterocycles. The fourth-order valence-corrected chi connectivity index (χ4v) is 2.77. The first-order chi connectivity index (χ1) is 11.5. The number of rotatable bonds is 4. The maximum Gasteiger partial charge on any atom is 0.303 e. The van der Waals surface area contributed by atoms with Crippen molar-refractivity contribution in [2.75, 3.05) is 6.61 Å². The second-order valence-corrected chi connectivity index (χ2v) is 5.66. The molecule has 1 aliphatic heterocycles. The van der Waals surface area contributed by atoms with Gasteiger partial charge in [-0.25, -0.2) is 15.0 Å². The maximum atomic E-state index is 11.3. The molecule has 0 aromatic carbocycles. The van der Waals surface area contributed by atoms with E-state index in [2.05, 4.69) is 15.0 Å². The Hall–Kier alpha value is -2.26. The highest BCUT2D eigenvalue weighted by Gasteiger charge is 2.39. The smallest absolute Gasteiger partial charge is 0.303 e. The number of carbonyl (C=O) groups is 2. The minimum absolute atomic E-state index is 0.00779. The maximum absolute atomic E-state index is 11.3. The molecule has 10 heteroatoms. The van der Waals surface area contributed by atoms with Crippen LogP contribution in [-0.2, 0) is 23.8 Å². The van der Waals surface area contributed by atoms with E-state index >= 15 is 0 Å². The zero-order valence-corrected chi connectivity index (χ0v) is 13.8. The van der Waals surface area contributed by atoms with Crippen LogP contribution in [0, 0.1) is 0 Å². The summed E-state index contributed by atoms with van der Waals surface area (Å²) in [4.78, 5) is 34.5. The summed E-state index contributed by atoms with van der Waals surface area (Å²) in [6.07, 6.45) is 1.65. The lowest BCUT2D eigenvalue weighted by molar-refractivity contribution is -0.155. The van der Waals surface area contributed by atoms with Gasteiger partial charge in [-0.05, 0) is 0 Å². The van der Waals surface area contributed by atoms with Gasteiger partial charge in [-0.1, -0.05) is 11.6 Å². The van der Waals surface area contributed by atoms with Gasteiger partial charge in [0.15, 0.2) is 10.8 Å². The Bertz CT molecular complexity index is 780. The first-order valence-corrected chi connectivity index (χ1v) is 7.62. The molecule has 24 heavy (non-hydrogen) atoms. The van der Waals surface area contributed by atoms with E-state index in [4.69, 9.17) is 25.8 Å². The lowest BCUT2D eigenvalue weighted by Gasteiger charge is -2.17. The topological polar surface area (TPSA) is 105 Å². The average Bonchev–Trinajstić information content (AvgIpc) is 3.09. The summed E-state index contributed by atoms with van der Waals surface area (Å²) in [5.41, 5.74) is 0.963. The second-order valence-electron chi connectivity index (χ2n) is 5.30. The van der Waals surface area contributed by atoms with E-state index in [0.717, 1.165) is 0 Å². The number of nitrogens with zero attached hydrogens (tertiary/aromatic N) is 4. The van der Waals surface area contributed by atoms with Crippen LogP contribution < -0.4 is 0 Å². The first-order valence-electron chi connectivity index (χ1n) is 7.24. The molecule has 0 saturated carbocycles. The predicted molar refractivity (Wildman–Crippen MR) is 81.0 cm³/mol. The molecule has 3 rings (SSSR count). The van der Waals surface area contributed by atoms with Crippen molar-refractivity contribution < 1.29 is 23.8 Å². The number of hydrogen-bond donors (Lipinski definition) is 0. The number of esters is 2. The highest BCUT2D eigenvalue weighted by atomic mass is 35.5. The van der Waals surface area contributed by atoms with Gasteiger partial charge in [0.2, 0.25) is 0 Å². The Morgan fingerprint density at radius 3 is 2.83 bits per heavy atom. The number of carbonyl (C=O) groups excluding carboxylic acids is 2. The fourth-order valence-electron chi connectivity index (χ4n) is 2.59. The van der Waals surface area contributed by atoms with Crippen molar-refractivity contribution in [3.05, 3.63) is 17.8 Å². The van der Waals surface area contributed by atoms with E-state index in [9.17, 15) is 9.59 Å². The van der Waals surface area contributed by atoms with Crippen LogP contribution in [0.3, 0.4) is 0 Å². The van der Waals surface area contributed by atoms with Gasteiger partial charge < -0.3 is 14.2 Å². The van der Waals surface area contributed by atoms with Crippen LogP contribution in [0.1, 0.15) is 26.5 Å². The number of aromatic nitrogens is 4. The Kier molecular flexibility index (Phi) is 4.63. The predicted octanol–water partition coefficient (Wildman–Crippen LogP) is 1.26. The summed E-state index contributed by atoms with van der Waals surface area (Å²) in [5.74, 6) is -0.867. The summed E-state index contributed by atoms with van der Waals surface area (Å²) >= 11 is 5.99. The molecule has 0 bridgehead atoms. The Morgan fingerprint density at radius 1 is 1.33 bits per heavy atom. The van der Waals surface area contributed by atoms with Crippen molar-refractivity contribution in [1.29, 1.82) is 0 Å². The van der Waals surface area contributed by atoms with Crippen LogP contribution in [-0.4, -0.2) is 50.3 Å². The van der Waals surface area contributed by atoms with Crippen LogP contribution in [0.4, 0.5) is 0 Å². The molecule has 2 aromatic rings. The van der Waals surface area contributed by atoms with E-state index in [1.807, 2.05) is 0 Å². The van der Waals surface area contributed by atoms with E-state index in [1.54, 1.807) is 4.57 Å². The molecule has 0 amide bonds. The molecule has 0 radical (unpaired) electrons. The van der Waals surface area contributed by atoms with Crippen molar-refractivity contribution in [2.24, 2.45) is 0 Å². The van der Waals surface area contributed by atoms with Crippen LogP contribution in [0.15, 0.2) is 12.7 Å². The van der Waals surface area contributed by atoms with Crippen molar-refractivity contribution in [3.8, 4) is 0 Å². The third-order valence-electron chi connectivity index (χ3n) is 3.57. The third kappa shape index (κ3) is 3.31. The molecule has 9 nitrogen and oxygen atoms in total. The second kappa shape index (κ2) is 6.70. The summed E-state index contributed by atoms with van der Waals surface area (Å²) in [6, 6.07) is 0. The zero-order chi connectivity index (χ0) is 17.3. The van der Waals surface area contributed by atoms with Crippen molar-refractivity contribution >= 4 is 34.7 Å². The van der Waals surface area contributed by atoms with Gasteiger partial charge in [0.25, 0.3) is 0 Å². The molecular weight excluding hydrogens is 341 g/mol. The average molecular weight is 356 g/mol. The van der Waals surface area contributed by atoms with Gasteiger partial charge in [-0.2, -0.15) is 0 Å². The van der Waals surface area contributed by atoms with E-state index in [-0.39, 0.29) is 11.8 Å². The Morgan fingerprint density at radius 2 is 2.12 bits per heavy atom. The van der Waals surface area contributed by atoms with Crippen molar-refractivity contribution in [1.82, 2.24) is 19.5 Å². The quantitative estimate of drug-likeness (QED) is 0.596. The summed E-state index contributed by atoms with van der Waals surface area (Å²) in [5, 5.41) is 0.241. The third-order valence-corrected chi connectivity index (χ3v) is 3.85. The normalized spacial score (nSPS) is 23.4. The standard InChI is InChI=1S/C14H15ClN4O5/c1-7(20)22-4-10-9(23-8(2)21)3-11(24-10)19-6-18-12-13(15)16-5-17-14(12)19/h5-6,9-11H,3-4H2,1-2H3/t9-,10+,11+/m0/s1/i16+1. The van der Waals surface area contributed by atoms with Crippen LogP contribution in [0.5, 0.6) is 0 Å². The molecule has 0 N–H and O–H groups in total. The fraction of sp³-hybridized carbons (Fsp3) is 0.500. The highest BCUT2D eigenvalue weighted by molar-refractivity contribution is 6.33. The molecule has 1 fully saturated rings. The molecule has 1 saturated heterocycles. The minimum atomic E-state index is -0.572. The number of imidazole rings is 1. The molecule has 0 spiro atoms. The molecule has 3 atom stereocenters. The Balaban J connectivity index is 1.84. The largest absolute Gasteiger partial charge is 0.463 e. The number of halogens is 1. The zero-order valence-electron chi connectivity index (χ0n) is 13.0. The van der Waals surface area contributed by atoms with Crippen LogP contribution >= 0.6 is 11.6 Å². The van der Waals surface area contributed by atoms with Crippen LogP contribution in [0.2, 0.25) is 5.15 Å². The van der Waals surface area contributed by atoms with Gasteiger partial charge in [0, 0.05) is 20.3 Å². The van der Waals surface area contributed by atoms with Gasteiger partial charge in [-0.3, -0.25) is 14.2 Å². The molecular formula is C14H15ClN4O5. The number of fused-ring (bicyclic) bond motifs is 1. The molecule has 128 valence electrons. The monoisotopic (exact) mass is 355 g/mol. The van der Waals surface area contributed by atoms with Gasteiger partial charge in [-0.15, -0.1) is 0 Å².